The minimum absolute atomic E-state index is 0.159. The Kier molecular flexibility index (Phi) is 2.25. The van der Waals surface area contributed by atoms with Crippen molar-refractivity contribution < 1.29 is 0 Å². The third-order valence-electron chi connectivity index (χ3n) is 2.32. The molecule has 1 unspecified atom stereocenters. The number of rotatable bonds is 2. The van der Waals surface area contributed by atoms with E-state index in [-0.39, 0.29) is 6.04 Å². The number of hydrogen-bond donors (Lipinski definition) is 1. The molecule has 3 heteroatoms. The zero-order chi connectivity index (χ0) is 10.1. The predicted molar refractivity (Wildman–Crippen MR) is 58.1 cm³/mol. The highest BCUT2D eigenvalue weighted by Gasteiger charge is 2.07. The summed E-state index contributed by atoms with van der Waals surface area (Å²) in [6.45, 7) is 4.85. The first-order chi connectivity index (χ1) is 6.68. The minimum Gasteiger partial charge on any atom is -0.327 e. The molecule has 2 rings (SSSR count). The van der Waals surface area contributed by atoms with Crippen LogP contribution in [0.1, 0.15) is 12.7 Å². The first-order valence-corrected chi connectivity index (χ1v) is 4.86. The Morgan fingerprint density at radius 2 is 2.14 bits per heavy atom. The van der Waals surface area contributed by atoms with E-state index in [2.05, 4.69) is 15.6 Å². The summed E-state index contributed by atoms with van der Waals surface area (Å²) in [5.41, 5.74) is 8.01. The lowest BCUT2D eigenvalue weighted by molar-refractivity contribution is 0.589. The predicted octanol–water partition coefficient (Wildman–Crippen LogP) is 1.69. The Morgan fingerprint density at radius 1 is 1.43 bits per heavy atom. The van der Waals surface area contributed by atoms with Gasteiger partial charge in [-0.05, 0) is 26.0 Å². The maximum absolute atomic E-state index is 5.79. The molecule has 2 N–H and O–H groups in total. The van der Waals surface area contributed by atoms with Crippen LogP contribution in [0.3, 0.4) is 0 Å². The maximum atomic E-state index is 5.79. The molecule has 2 aromatic rings. The topological polar surface area (TPSA) is 43.8 Å². The molecule has 0 spiro atoms. The van der Waals surface area contributed by atoms with Gasteiger partial charge < -0.3 is 10.3 Å². The van der Waals surface area contributed by atoms with E-state index in [1.807, 2.05) is 32.0 Å². The zero-order valence-corrected chi connectivity index (χ0v) is 8.57. The van der Waals surface area contributed by atoms with E-state index in [0.717, 1.165) is 17.9 Å². The van der Waals surface area contributed by atoms with Gasteiger partial charge in [-0.15, -0.1) is 0 Å². The summed E-state index contributed by atoms with van der Waals surface area (Å²) in [7, 11) is 0. The van der Waals surface area contributed by atoms with Gasteiger partial charge in [-0.2, -0.15) is 0 Å². The number of aromatic nitrogens is 2. The maximum Gasteiger partial charge on any atom is 0.106 e. The summed E-state index contributed by atoms with van der Waals surface area (Å²) >= 11 is 0. The van der Waals surface area contributed by atoms with Crippen molar-refractivity contribution in [3.05, 3.63) is 30.1 Å². The molecule has 1 aromatic carbocycles. The second kappa shape index (κ2) is 3.42. The van der Waals surface area contributed by atoms with Crippen LogP contribution in [-0.2, 0) is 6.54 Å². The monoisotopic (exact) mass is 189 g/mol. The standard InChI is InChI=1S/C11H15N3/c1-8(12)7-14-9(2)13-10-5-3-4-6-11(10)14/h3-6,8H,7,12H2,1-2H3. The van der Waals surface area contributed by atoms with Gasteiger partial charge in [0.15, 0.2) is 0 Å². The number of hydrogen-bond acceptors (Lipinski definition) is 2. The Labute approximate surface area is 83.6 Å². The average molecular weight is 189 g/mol. The molecule has 74 valence electrons. The Hall–Kier alpha value is -1.35. The van der Waals surface area contributed by atoms with Crippen LogP contribution in [0.4, 0.5) is 0 Å². The number of fused-ring (bicyclic) bond motifs is 1. The average Bonchev–Trinajstić information content (AvgIpc) is 2.43. The van der Waals surface area contributed by atoms with Crippen LogP contribution in [0, 0.1) is 6.92 Å². The quantitative estimate of drug-likeness (QED) is 0.781. The molecule has 14 heavy (non-hydrogen) atoms. The van der Waals surface area contributed by atoms with Crippen LogP contribution in [0.5, 0.6) is 0 Å². The highest BCUT2D eigenvalue weighted by atomic mass is 15.1. The third kappa shape index (κ3) is 1.51. The first kappa shape index (κ1) is 9.21. The second-order valence-electron chi connectivity index (χ2n) is 3.74. The Morgan fingerprint density at radius 3 is 2.86 bits per heavy atom. The van der Waals surface area contributed by atoms with Gasteiger partial charge >= 0.3 is 0 Å². The highest BCUT2D eigenvalue weighted by molar-refractivity contribution is 5.75. The van der Waals surface area contributed by atoms with Crippen molar-refractivity contribution in [3.63, 3.8) is 0 Å². The first-order valence-electron chi connectivity index (χ1n) is 4.86. The summed E-state index contributed by atoms with van der Waals surface area (Å²) in [6, 6.07) is 8.30. The fourth-order valence-electron chi connectivity index (χ4n) is 1.71. The number of nitrogens with two attached hydrogens (primary N) is 1. The van der Waals surface area contributed by atoms with E-state index >= 15 is 0 Å². The van der Waals surface area contributed by atoms with Crippen molar-refractivity contribution in [2.75, 3.05) is 0 Å². The van der Waals surface area contributed by atoms with Gasteiger partial charge in [-0.1, -0.05) is 12.1 Å². The van der Waals surface area contributed by atoms with Crippen molar-refractivity contribution in [2.45, 2.75) is 26.4 Å². The molecule has 1 aromatic heterocycles. The fraction of sp³-hybridized carbons (Fsp3) is 0.364. The molecule has 0 radical (unpaired) electrons. The van der Waals surface area contributed by atoms with Crippen LogP contribution < -0.4 is 5.73 Å². The van der Waals surface area contributed by atoms with Gasteiger partial charge in [0.1, 0.15) is 5.82 Å². The molecule has 0 bridgehead atoms. The van der Waals surface area contributed by atoms with Crippen LogP contribution in [0.25, 0.3) is 11.0 Å². The molecular weight excluding hydrogens is 174 g/mol. The van der Waals surface area contributed by atoms with E-state index in [1.54, 1.807) is 0 Å². The second-order valence-corrected chi connectivity index (χ2v) is 3.74. The number of benzene rings is 1. The van der Waals surface area contributed by atoms with E-state index < -0.39 is 0 Å². The van der Waals surface area contributed by atoms with Gasteiger partial charge in [0.05, 0.1) is 11.0 Å². The Bertz CT molecular complexity index is 443. The molecule has 0 saturated carbocycles. The van der Waals surface area contributed by atoms with Crippen LogP contribution in [-0.4, -0.2) is 15.6 Å². The molecule has 0 aliphatic carbocycles. The summed E-state index contributed by atoms with van der Waals surface area (Å²) in [4.78, 5) is 4.47. The number of imidazole rings is 1. The number of nitrogens with zero attached hydrogens (tertiary/aromatic N) is 2. The third-order valence-corrected chi connectivity index (χ3v) is 2.32. The summed E-state index contributed by atoms with van der Waals surface area (Å²) in [5, 5.41) is 0. The van der Waals surface area contributed by atoms with Crippen LogP contribution >= 0.6 is 0 Å². The van der Waals surface area contributed by atoms with Crippen molar-refractivity contribution >= 4 is 11.0 Å². The van der Waals surface area contributed by atoms with Gasteiger partial charge in [0, 0.05) is 12.6 Å². The molecule has 0 aliphatic heterocycles. The summed E-state index contributed by atoms with van der Waals surface area (Å²) < 4.78 is 2.17. The molecule has 0 saturated heterocycles. The molecular formula is C11H15N3. The molecule has 1 heterocycles. The van der Waals surface area contributed by atoms with Gasteiger partial charge in [-0.3, -0.25) is 0 Å². The lowest BCUT2D eigenvalue weighted by Crippen LogP contribution is -2.22. The van der Waals surface area contributed by atoms with Crippen molar-refractivity contribution in [2.24, 2.45) is 5.73 Å². The van der Waals surface area contributed by atoms with Gasteiger partial charge in [0.25, 0.3) is 0 Å². The molecule has 0 amide bonds. The van der Waals surface area contributed by atoms with Crippen LogP contribution in [0.15, 0.2) is 24.3 Å². The SMILES string of the molecule is Cc1nc2ccccc2n1CC(C)N. The summed E-state index contributed by atoms with van der Waals surface area (Å²) in [6.07, 6.45) is 0. The largest absolute Gasteiger partial charge is 0.327 e. The molecule has 0 fully saturated rings. The van der Waals surface area contributed by atoms with Crippen LogP contribution in [0.2, 0.25) is 0 Å². The summed E-state index contributed by atoms with van der Waals surface area (Å²) in [5.74, 6) is 1.03. The van der Waals surface area contributed by atoms with Crippen molar-refractivity contribution in [1.29, 1.82) is 0 Å². The van der Waals surface area contributed by atoms with Crippen molar-refractivity contribution in [1.82, 2.24) is 9.55 Å². The molecule has 1 atom stereocenters. The van der Waals surface area contributed by atoms with Crippen molar-refractivity contribution in [3.8, 4) is 0 Å². The molecule has 3 nitrogen and oxygen atoms in total. The highest BCUT2D eigenvalue weighted by Crippen LogP contribution is 2.15. The van der Waals surface area contributed by atoms with Gasteiger partial charge in [-0.25, -0.2) is 4.98 Å². The number of para-hydroxylation sites is 2. The fourth-order valence-corrected chi connectivity index (χ4v) is 1.71. The smallest absolute Gasteiger partial charge is 0.106 e. The normalized spacial score (nSPS) is 13.4. The zero-order valence-electron chi connectivity index (χ0n) is 8.57. The van der Waals surface area contributed by atoms with E-state index in [1.165, 1.54) is 5.52 Å². The Balaban J connectivity index is 2.56. The molecule has 0 aliphatic rings. The minimum atomic E-state index is 0.159. The van der Waals surface area contributed by atoms with Gasteiger partial charge in [0.2, 0.25) is 0 Å². The van der Waals surface area contributed by atoms with E-state index in [0.29, 0.717) is 0 Å². The van der Waals surface area contributed by atoms with E-state index in [4.69, 9.17) is 5.73 Å². The van der Waals surface area contributed by atoms with E-state index in [9.17, 15) is 0 Å². The number of aryl methyl sites for hydroxylation is 1. The lowest BCUT2D eigenvalue weighted by atomic mass is 10.3. The lowest BCUT2D eigenvalue weighted by Gasteiger charge is -2.09.